The van der Waals surface area contributed by atoms with Gasteiger partial charge in [-0.2, -0.15) is 0 Å². The predicted molar refractivity (Wildman–Crippen MR) is 90.0 cm³/mol. The van der Waals surface area contributed by atoms with Crippen molar-refractivity contribution in [2.24, 2.45) is 4.99 Å². The average Bonchev–Trinajstić information content (AvgIpc) is 2.41. The van der Waals surface area contributed by atoms with Gasteiger partial charge in [-0.05, 0) is 25.3 Å². The summed E-state index contributed by atoms with van der Waals surface area (Å²) in [6.45, 7) is 1.92. The van der Waals surface area contributed by atoms with Gasteiger partial charge in [-0.25, -0.2) is 4.99 Å². The minimum Gasteiger partial charge on any atom is -0.494 e. The Morgan fingerprint density at radius 3 is 2.90 bits per heavy atom. The minimum atomic E-state index is -0.284. The third-order valence-electron chi connectivity index (χ3n) is 4.04. The molecule has 20 heavy (non-hydrogen) atoms. The van der Waals surface area contributed by atoms with Gasteiger partial charge in [0.15, 0.2) is 5.90 Å². The molecule has 0 bridgehead atoms. The minimum absolute atomic E-state index is 0. The van der Waals surface area contributed by atoms with E-state index in [0.29, 0.717) is 4.83 Å². The normalized spacial score (nSPS) is 27.9. The molecule has 2 unspecified atom stereocenters. The van der Waals surface area contributed by atoms with Gasteiger partial charge in [0.2, 0.25) is 0 Å². The zero-order valence-corrected chi connectivity index (χ0v) is 15.0. The Hall–Kier alpha value is -0.550. The Morgan fingerprint density at radius 1 is 1.40 bits per heavy atom. The van der Waals surface area contributed by atoms with Gasteiger partial charge in [-0.1, -0.05) is 34.5 Å². The van der Waals surface area contributed by atoms with E-state index in [2.05, 4.69) is 27.0 Å². The van der Waals surface area contributed by atoms with Gasteiger partial charge >= 0.3 is 0 Å². The molecule has 2 aliphatic rings. The van der Waals surface area contributed by atoms with E-state index in [9.17, 15) is 0 Å². The highest BCUT2D eigenvalue weighted by molar-refractivity contribution is 9.09. The third-order valence-corrected chi connectivity index (χ3v) is 5.23. The number of nitrogens with zero attached hydrogens (tertiary/aromatic N) is 1. The number of alkyl halides is 1. The lowest BCUT2D eigenvalue weighted by Gasteiger charge is -2.44. The van der Waals surface area contributed by atoms with Crippen molar-refractivity contribution < 1.29 is 9.47 Å². The van der Waals surface area contributed by atoms with Crippen LogP contribution in [0.25, 0.3) is 0 Å². The number of benzene rings is 1. The van der Waals surface area contributed by atoms with E-state index in [1.165, 1.54) is 12.8 Å². The van der Waals surface area contributed by atoms with Crippen molar-refractivity contribution in [3.8, 4) is 5.75 Å². The molecule has 3 rings (SSSR count). The molecule has 1 aliphatic heterocycles. The van der Waals surface area contributed by atoms with Gasteiger partial charge in [-0.15, -0.1) is 17.0 Å². The van der Waals surface area contributed by atoms with Crippen LogP contribution in [0.4, 0.5) is 5.69 Å². The maximum Gasteiger partial charge on any atom is 0.186 e. The Bertz CT molecular complexity index is 533. The van der Waals surface area contributed by atoms with Crippen molar-refractivity contribution in [1.82, 2.24) is 0 Å². The molecule has 1 fully saturated rings. The third kappa shape index (κ3) is 2.39. The number of aliphatic imine (C=N–C) groups is 1. The molecule has 0 amide bonds. The van der Waals surface area contributed by atoms with Crippen LogP contribution in [-0.4, -0.2) is 17.8 Å². The highest BCUT2D eigenvalue weighted by Crippen LogP contribution is 2.51. The molecule has 0 saturated heterocycles. The van der Waals surface area contributed by atoms with E-state index >= 15 is 0 Å². The number of ether oxygens (including phenoxy) is 2. The Kier molecular flexibility index (Phi) is 4.80. The molecule has 0 N–H and O–H groups in total. The predicted octanol–water partition coefficient (Wildman–Crippen LogP) is 4.89. The van der Waals surface area contributed by atoms with Gasteiger partial charge in [0.1, 0.15) is 17.0 Å². The van der Waals surface area contributed by atoms with Crippen molar-refractivity contribution in [2.75, 3.05) is 7.11 Å². The monoisotopic (exact) mass is 403 g/mol. The summed E-state index contributed by atoms with van der Waals surface area (Å²) in [6.07, 6.45) is 4.59. The van der Waals surface area contributed by atoms with Crippen LogP contribution in [0.1, 0.15) is 38.2 Å². The summed E-state index contributed by atoms with van der Waals surface area (Å²) in [7, 11) is 1.69. The van der Waals surface area contributed by atoms with Gasteiger partial charge < -0.3 is 9.47 Å². The van der Waals surface area contributed by atoms with Crippen LogP contribution in [0, 0.1) is 0 Å². The molecule has 5 heteroatoms. The summed E-state index contributed by atoms with van der Waals surface area (Å²) in [4.78, 5) is 4.87. The first-order valence-corrected chi connectivity index (χ1v) is 7.65. The smallest absolute Gasteiger partial charge is 0.186 e. The van der Waals surface area contributed by atoms with E-state index in [4.69, 9.17) is 9.47 Å². The van der Waals surface area contributed by atoms with E-state index in [1.54, 1.807) is 7.11 Å². The molecule has 1 saturated carbocycles. The van der Waals surface area contributed by atoms with Crippen molar-refractivity contribution in [3.63, 3.8) is 0 Å². The lowest BCUT2D eigenvalue weighted by molar-refractivity contribution is 0.0187. The molecular formula is C15H19Br2NO2. The van der Waals surface area contributed by atoms with Gasteiger partial charge in [0.25, 0.3) is 0 Å². The Morgan fingerprint density at radius 2 is 2.20 bits per heavy atom. The number of rotatable bonds is 1. The molecule has 1 heterocycles. The largest absolute Gasteiger partial charge is 0.494 e. The van der Waals surface area contributed by atoms with Gasteiger partial charge in [0.05, 0.1) is 11.9 Å². The lowest BCUT2D eigenvalue weighted by Crippen LogP contribution is -2.44. The van der Waals surface area contributed by atoms with E-state index in [1.807, 2.05) is 19.1 Å². The van der Waals surface area contributed by atoms with E-state index < -0.39 is 0 Å². The standard InChI is InChI=1S/C15H18BrNO2.BrH/c1-10-17-14-11(6-5-7-12(14)18-2)15(19-10)9-4-3-8-13(15)16;/h5-7,13H,3-4,8-9H2,1-2H3;1H. The maximum atomic E-state index is 6.20. The topological polar surface area (TPSA) is 30.8 Å². The second-order valence-electron chi connectivity index (χ2n) is 5.19. The first-order valence-electron chi connectivity index (χ1n) is 6.73. The van der Waals surface area contributed by atoms with E-state index in [-0.39, 0.29) is 22.6 Å². The summed E-state index contributed by atoms with van der Waals surface area (Å²) in [5.41, 5.74) is 1.80. The number of fused-ring (bicyclic) bond motifs is 2. The SMILES string of the molecule is Br.COc1cccc2c1N=C(C)OC21CCCCC1Br. The highest BCUT2D eigenvalue weighted by Gasteiger charge is 2.47. The summed E-state index contributed by atoms with van der Waals surface area (Å²) in [5, 5.41) is 0. The van der Waals surface area contributed by atoms with Crippen molar-refractivity contribution in [3.05, 3.63) is 23.8 Å². The fourth-order valence-corrected chi connectivity index (χ4v) is 4.05. The Labute approximate surface area is 138 Å². The van der Waals surface area contributed by atoms with E-state index in [0.717, 1.165) is 35.7 Å². The van der Waals surface area contributed by atoms with Crippen LogP contribution >= 0.6 is 32.9 Å². The fourth-order valence-electron chi connectivity index (χ4n) is 3.16. The van der Waals surface area contributed by atoms with Gasteiger partial charge in [-0.3, -0.25) is 0 Å². The van der Waals surface area contributed by atoms with Crippen LogP contribution < -0.4 is 4.74 Å². The van der Waals surface area contributed by atoms with Crippen LogP contribution in [0.2, 0.25) is 0 Å². The number of methoxy groups -OCH3 is 1. The van der Waals surface area contributed by atoms with Crippen molar-refractivity contribution in [2.45, 2.75) is 43.0 Å². The molecule has 3 nitrogen and oxygen atoms in total. The average molecular weight is 405 g/mol. The zero-order valence-electron chi connectivity index (χ0n) is 11.7. The molecule has 1 aliphatic carbocycles. The second kappa shape index (κ2) is 6.06. The summed E-state index contributed by atoms with van der Waals surface area (Å²) in [6, 6.07) is 6.10. The quantitative estimate of drug-likeness (QED) is 0.624. The summed E-state index contributed by atoms with van der Waals surface area (Å²) >= 11 is 3.83. The molecule has 1 aromatic rings. The highest BCUT2D eigenvalue weighted by atomic mass is 79.9. The molecular weight excluding hydrogens is 386 g/mol. The van der Waals surface area contributed by atoms with Crippen LogP contribution in [0.15, 0.2) is 23.2 Å². The van der Waals surface area contributed by atoms with Crippen LogP contribution in [0.5, 0.6) is 5.75 Å². The lowest BCUT2D eigenvalue weighted by atomic mass is 9.78. The molecule has 1 spiro atoms. The van der Waals surface area contributed by atoms with Crippen LogP contribution in [0.3, 0.4) is 0 Å². The molecule has 2 atom stereocenters. The summed E-state index contributed by atoms with van der Waals surface area (Å²) in [5.74, 6) is 1.55. The first-order chi connectivity index (χ1) is 9.17. The first kappa shape index (κ1) is 15.8. The number of hydrogen-bond donors (Lipinski definition) is 0. The number of halogens is 2. The second-order valence-corrected chi connectivity index (χ2v) is 6.30. The summed E-state index contributed by atoms with van der Waals surface area (Å²) < 4.78 is 11.7. The van der Waals surface area contributed by atoms with Crippen LogP contribution in [-0.2, 0) is 10.3 Å². The van der Waals surface area contributed by atoms with Crippen molar-refractivity contribution in [1.29, 1.82) is 0 Å². The molecule has 110 valence electrons. The van der Waals surface area contributed by atoms with Crippen molar-refractivity contribution >= 4 is 44.5 Å². The molecule has 1 aromatic carbocycles. The fraction of sp³-hybridized carbons (Fsp3) is 0.533. The Balaban J connectivity index is 0.00000147. The number of para-hydroxylation sites is 1. The number of hydrogen-bond acceptors (Lipinski definition) is 3. The van der Waals surface area contributed by atoms with Gasteiger partial charge in [0, 0.05) is 12.5 Å². The zero-order chi connectivity index (χ0) is 13.5. The molecule has 0 aromatic heterocycles. The molecule has 0 radical (unpaired) electrons. The maximum absolute atomic E-state index is 6.20.